The molecule has 0 spiro atoms. The molecule has 0 saturated carbocycles. The third-order valence-electron chi connectivity index (χ3n) is 3.91. The summed E-state index contributed by atoms with van der Waals surface area (Å²) in [6.07, 6.45) is 5.27. The summed E-state index contributed by atoms with van der Waals surface area (Å²) < 4.78 is 0. The van der Waals surface area contributed by atoms with E-state index in [1.165, 1.54) is 31.2 Å². The third-order valence-corrected chi connectivity index (χ3v) is 3.91. The Bertz CT molecular complexity index is 346. The number of benzene rings is 1. The molecule has 2 saturated heterocycles. The topological polar surface area (TPSA) is 32.3 Å². The maximum absolute atomic E-state index is 9.27. The van der Waals surface area contributed by atoms with Crippen molar-refractivity contribution in [2.24, 2.45) is 0 Å². The number of piperidine rings is 1. The maximum atomic E-state index is 9.27. The van der Waals surface area contributed by atoms with Crippen molar-refractivity contribution in [2.45, 2.75) is 43.7 Å². The van der Waals surface area contributed by atoms with Gasteiger partial charge < -0.3 is 10.4 Å². The minimum atomic E-state index is 0.367. The molecule has 2 fully saturated rings. The monoisotopic (exact) mass is 203 g/mol. The van der Waals surface area contributed by atoms with Crippen molar-refractivity contribution in [3.8, 4) is 5.75 Å². The summed E-state index contributed by atoms with van der Waals surface area (Å²) in [5, 5.41) is 13.0. The van der Waals surface area contributed by atoms with Gasteiger partial charge in [-0.2, -0.15) is 0 Å². The lowest BCUT2D eigenvalue weighted by Crippen LogP contribution is -2.38. The van der Waals surface area contributed by atoms with E-state index in [0.29, 0.717) is 17.7 Å². The molecule has 3 rings (SSSR count). The van der Waals surface area contributed by atoms with Crippen molar-refractivity contribution >= 4 is 0 Å². The lowest BCUT2D eigenvalue weighted by molar-refractivity contribution is 0.358. The summed E-state index contributed by atoms with van der Waals surface area (Å²) in [7, 11) is 0. The van der Waals surface area contributed by atoms with E-state index in [1.807, 2.05) is 0 Å². The fourth-order valence-electron chi connectivity index (χ4n) is 3.10. The molecule has 2 aliphatic rings. The lowest BCUT2D eigenvalue weighted by Gasteiger charge is -2.30. The second-order valence-electron chi connectivity index (χ2n) is 4.82. The average Bonchev–Trinajstić information content (AvgIpc) is 2.63. The Morgan fingerprint density at radius 3 is 2.53 bits per heavy atom. The first-order valence-electron chi connectivity index (χ1n) is 5.88. The molecular weight excluding hydrogens is 186 g/mol. The number of phenols is 1. The van der Waals surface area contributed by atoms with Crippen LogP contribution in [0.1, 0.15) is 37.2 Å². The van der Waals surface area contributed by atoms with Crippen molar-refractivity contribution < 1.29 is 5.11 Å². The van der Waals surface area contributed by atoms with E-state index in [1.54, 1.807) is 12.1 Å². The summed E-state index contributed by atoms with van der Waals surface area (Å²) in [6, 6.07) is 9.20. The molecule has 2 heterocycles. The SMILES string of the molecule is Oc1ccc(C2CCC3CCC2N3)cc1. The van der Waals surface area contributed by atoms with E-state index in [0.717, 1.165) is 6.04 Å². The van der Waals surface area contributed by atoms with Crippen molar-refractivity contribution in [1.82, 2.24) is 5.32 Å². The normalized spacial score (nSPS) is 34.3. The largest absolute Gasteiger partial charge is 0.508 e. The van der Waals surface area contributed by atoms with Gasteiger partial charge in [0.1, 0.15) is 5.75 Å². The Morgan fingerprint density at radius 1 is 1.00 bits per heavy atom. The number of nitrogens with one attached hydrogen (secondary N) is 1. The van der Waals surface area contributed by atoms with Crippen LogP contribution in [0.15, 0.2) is 24.3 Å². The van der Waals surface area contributed by atoms with Gasteiger partial charge in [-0.3, -0.25) is 0 Å². The number of phenolic OH excluding ortho intramolecular Hbond substituents is 1. The van der Waals surface area contributed by atoms with Crippen LogP contribution in [0.25, 0.3) is 0 Å². The molecule has 80 valence electrons. The van der Waals surface area contributed by atoms with Crippen LogP contribution in [0.3, 0.4) is 0 Å². The fraction of sp³-hybridized carbons (Fsp3) is 0.538. The van der Waals surface area contributed by atoms with Crippen LogP contribution in [-0.2, 0) is 0 Å². The summed E-state index contributed by atoms with van der Waals surface area (Å²) in [4.78, 5) is 0. The molecule has 3 atom stereocenters. The van der Waals surface area contributed by atoms with Crippen LogP contribution in [0.4, 0.5) is 0 Å². The highest BCUT2D eigenvalue weighted by molar-refractivity contribution is 5.30. The van der Waals surface area contributed by atoms with E-state index in [-0.39, 0.29) is 0 Å². The summed E-state index contributed by atoms with van der Waals surface area (Å²) in [5.41, 5.74) is 1.38. The van der Waals surface area contributed by atoms with Crippen molar-refractivity contribution in [3.05, 3.63) is 29.8 Å². The molecule has 0 radical (unpaired) electrons. The highest BCUT2D eigenvalue weighted by atomic mass is 16.3. The molecule has 0 amide bonds. The van der Waals surface area contributed by atoms with Gasteiger partial charge in [0, 0.05) is 12.1 Å². The predicted molar refractivity (Wildman–Crippen MR) is 60.0 cm³/mol. The summed E-state index contributed by atoms with van der Waals surface area (Å²) in [6.45, 7) is 0. The van der Waals surface area contributed by atoms with Crippen LogP contribution in [-0.4, -0.2) is 17.2 Å². The Balaban J connectivity index is 1.84. The first-order chi connectivity index (χ1) is 7.33. The standard InChI is InChI=1S/C13H17NO/c15-11-5-1-9(2-6-11)12-7-3-10-4-8-13(12)14-10/h1-2,5-6,10,12-15H,3-4,7-8H2. The smallest absolute Gasteiger partial charge is 0.115 e. The molecule has 2 N–H and O–H groups in total. The zero-order chi connectivity index (χ0) is 10.3. The second kappa shape index (κ2) is 3.53. The molecule has 2 aliphatic heterocycles. The number of hydrogen-bond acceptors (Lipinski definition) is 2. The average molecular weight is 203 g/mol. The van der Waals surface area contributed by atoms with Crippen molar-refractivity contribution in [3.63, 3.8) is 0 Å². The molecule has 15 heavy (non-hydrogen) atoms. The van der Waals surface area contributed by atoms with Gasteiger partial charge in [-0.1, -0.05) is 12.1 Å². The Labute approximate surface area is 90.3 Å². The summed E-state index contributed by atoms with van der Waals surface area (Å²) >= 11 is 0. The number of aromatic hydroxyl groups is 1. The van der Waals surface area contributed by atoms with Gasteiger partial charge in [0.15, 0.2) is 0 Å². The zero-order valence-corrected chi connectivity index (χ0v) is 8.82. The molecule has 2 heteroatoms. The zero-order valence-electron chi connectivity index (χ0n) is 8.82. The highest BCUT2D eigenvalue weighted by Gasteiger charge is 2.35. The Kier molecular flexibility index (Phi) is 2.17. The maximum Gasteiger partial charge on any atom is 0.115 e. The van der Waals surface area contributed by atoms with E-state index < -0.39 is 0 Å². The van der Waals surface area contributed by atoms with E-state index in [2.05, 4.69) is 17.4 Å². The number of rotatable bonds is 1. The van der Waals surface area contributed by atoms with Crippen molar-refractivity contribution in [2.75, 3.05) is 0 Å². The number of fused-ring (bicyclic) bond motifs is 2. The van der Waals surface area contributed by atoms with Gasteiger partial charge in [-0.15, -0.1) is 0 Å². The molecule has 3 unspecified atom stereocenters. The highest BCUT2D eigenvalue weighted by Crippen LogP contribution is 2.37. The van der Waals surface area contributed by atoms with Gasteiger partial charge in [-0.05, 0) is 49.3 Å². The van der Waals surface area contributed by atoms with E-state index in [9.17, 15) is 5.11 Å². The minimum Gasteiger partial charge on any atom is -0.508 e. The van der Waals surface area contributed by atoms with Crippen LogP contribution in [0.5, 0.6) is 5.75 Å². The van der Waals surface area contributed by atoms with Gasteiger partial charge in [0.2, 0.25) is 0 Å². The first-order valence-corrected chi connectivity index (χ1v) is 5.88. The van der Waals surface area contributed by atoms with Gasteiger partial charge in [0.25, 0.3) is 0 Å². The summed E-state index contributed by atoms with van der Waals surface area (Å²) in [5.74, 6) is 1.02. The minimum absolute atomic E-state index is 0.367. The van der Waals surface area contributed by atoms with Crippen LogP contribution >= 0.6 is 0 Å². The van der Waals surface area contributed by atoms with Crippen LogP contribution < -0.4 is 5.32 Å². The van der Waals surface area contributed by atoms with Crippen molar-refractivity contribution in [1.29, 1.82) is 0 Å². The lowest BCUT2D eigenvalue weighted by atomic mass is 9.86. The van der Waals surface area contributed by atoms with Gasteiger partial charge in [0.05, 0.1) is 0 Å². The van der Waals surface area contributed by atoms with Gasteiger partial charge >= 0.3 is 0 Å². The first kappa shape index (κ1) is 9.22. The van der Waals surface area contributed by atoms with E-state index >= 15 is 0 Å². The van der Waals surface area contributed by atoms with E-state index in [4.69, 9.17) is 0 Å². The van der Waals surface area contributed by atoms with Crippen LogP contribution in [0, 0.1) is 0 Å². The molecular formula is C13H17NO. The molecule has 2 bridgehead atoms. The van der Waals surface area contributed by atoms with Gasteiger partial charge in [-0.25, -0.2) is 0 Å². The molecule has 2 nitrogen and oxygen atoms in total. The quantitative estimate of drug-likeness (QED) is 0.734. The molecule has 1 aromatic rings. The fourth-order valence-corrected chi connectivity index (χ4v) is 3.10. The molecule has 0 aromatic heterocycles. The third kappa shape index (κ3) is 1.63. The van der Waals surface area contributed by atoms with Crippen LogP contribution in [0.2, 0.25) is 0 Å². The molecule has 1 aromatic carbocycles. The molecule has 0 aliphatic carbocycles. The Morgan fingerprint density at radius 2 is 1.73 bits per heavy atom. The Hall–Kier alpha value is -1.02. The number of hydrogen-bond donors (Lipinski definition) is 2. The predicted octanol–water partition coefficient (Wildman–Crippen LogP) is 2.39. The second-order valence-corrected chi connectivity index (χ2v) is 4.82.